The molecule has 0 bridgehead atoms. The Balaban J connectivity index is 1.80. The molecule has 2 aromatic rings. The van der Waals surface area contributed by atoms with Crippen LogP contribution in [0.15, 0.2) is 23.6 Å². The van der Waals surface area contributed by atoms with Crippen molar-refractivity contribution in [3.8, 4) is 5.75 Å². The molecule has 1 N–H and O–H groups in total. The van der Waals surface area contributed by atoms with Crippen molar-refractivity contribution in [2.24, 2.45) is 0 Å². The van der Waals surface area contributed by atoms with Crippen LogP contribution in [0.25, 0.3) is 0 Å². The summed E-state index contributed by atoms with van der Waals surface area (Å²) in [5.41, 5.74) is 2.67. The molecule has 0 saturated carbocycles. The summed E-state index contributed by atoms with van der Waals surface area (Å²) in [7, 11) is 0. The van der Waals surface area contributed by atoms with E-state index in [1.807, 2.05) is 24.4 Å². The van der Waals surface area contributed by atoms with Crippen molar-refractivity contribution < 1.29 is 9.53 Å². The molecule has 0 spiro atoms. The van der Waals surface area contributed by atoms with Crippen LogP contribution in [-0.4, -0.2) is 17.5 Å². The third kappa shape index (κ3) is 2.61. The van der Waals surface area contributed by atoms with E-state index in [9.17, 15) is 4.79 Å². The molecule has 5 heteroatoms. The van der Waals surface area contributed by atoms with Crippen LogP contribution in [0.5, 0.6) is 5.75 Å². The van der Waals surface area contributed by atoms with E-state index in [0.29, 0.717) is 10.7 Å². The van der Waals surface area contributed by atoms with Gasteiger partial charge in [-0.05, 0) is 43.5 Å². The van der Waals surface area contributed by atoms with Crippen molar-refractivity contribution >= 4 is 22.4 Å². The van der Waals surface area contributed by atoms with Crippen molar-refractivity contribution in [1.82, 2.24) is 4.98 Å². The number of aromatic nitrogens is 1. The van der Waals surface area contributed by atoms with Gasteiger partial charge in [-0.3, -0.25) is 10.1 Å². The Labute approximate surface area is 115 Å². The van der Waals surface area contributed by atoms with E-state index in [-0.39, 0.29) is 5.91 Å². The Kier molecular flexibility index (Phi) is 3.21. The maximum Gasteiger partial charge on any atom is 0.257 e. The predicted molar refractivity (Wildman–Crippen MR) is 75.1 cm³/mol. The third-order valence-electron chi connectivity index (χ3n) is 3.01. The second-order valence-corrected chi connectivity index (χ2v) is 5.38. The van der Waals surface area contributed by atoms with Crippen LogP contribution in [0.2, 0.25) is 0 Å². The molecule has 0 aliphatic carbocycles. The van der Waals surface area contributed by atoms with Gasteiger partial charge in [0.2, 0.25) is 0 Å². The molecule has 19 heavy (non-hydrogen) atoms. The van der Waals surface area contributed by atoms with Gasteiger partial charge in [-0.15, -0.1) is 11.3 Å². The summed E-state index contributed by atoms with van der Waals surface area (Å²) in [5, 5.41) is 5.36. The van der Waals surface area contributed by atoms with E-state index in [1.165, 1.54) is 11.3 Å². The zero-order valence-corrected chi connectivity index (χ0v) is 11.4. The fourth-order valence-corrected chi connectivity index (χ4v) is 2.77. The summed E-state index contributed by atoms with van der Waals surface area (Å²) in [6.45, 7) is 2.67. The number of fused-ring (bicyclic) bond motifs is 1. The first-order valence-electron chi connectivity index (χ1n) is 6.21. The van der Waals surface area contributed by atoms with Crippen LogP contribution in [0.3, 0.4) is 0 Å². The fraction of sp³-hybridized carbons (Fsp3) is 0.286. The van der Waals surface area contributed by atoms with Gasteiger partial charge in [-0.1, -0.05) is 0 Å². The maximum atomic E-state index is 12.1. The molecule has 1 aromatic carbocycles. The molecule has 4 nitrogen and oxygen atoms in total. The standard InChI is InChI=1S/C14H14N2O2S/c1-9-8-19-14(15-9)16-13(17)11-4-5-12-10(7-11)3-2-6-18-12/h4-5,7-8H,2-3,6H2,1H3,(H,15,16,17). The van der Waals surface area contributed by atoms with Crippen LogP contribution < -0.4 is 10.1 Å². The SMILES string of the molecule is Cc1csc(NC(=O)c2ccc3c(c2)CCCO3)n1. The minimum atomic E-state index is -0.122. The molecule has 1 aliphatic heterocycles. The lowest BCUT2D eigenvalue weighted by Gasteiger charge is -2.17. The van der Waals surface area contributed by atoms with Crippen LogP contribution in [0.1, 0.15) is 28.0 Å². The first kappa shape index (κ1) is 12.2. The first-order valence-corrected chi connectivity index (χ1v) is 7.09. The van der Waals surface area contributed by atoms with Crippen LogP contribution in [-0.2, 0) is 6.42 Å². The van der Waals surface area contributed by atoms with Crippen molar-refractivity contribution in [2.75, 3.05) is 11.9 Å². The predicted octanol–water partition coefficient (Wildman–Crippen LogP) is 3.03. The fourth-order valence-electron chi connectivity index (χ4n) is 2.08. The highest BCUT2D eigenvalue weighted by molar-refractivity contribution is 7.13. The molecule has 0 unspecified atom stereocenters. The molecular formula is C14H14N2O2S. The number of rotatable bonds is 2. The highest BCUT2D eigenvalue weighted by Gasteiger charge is 2.14. The zero-order chi connectivity index (χ0) is 13.2. The molecule has 1 aromatic heterocycles. The molecule has 0 atom stereocenters. The van der Waals surface area contributed by atoms with Crippen molar-refractivity contribution in [1.29, 1.82) is 0 Å². The first-order chi connectivity index (χ1) is 9.22. The lowest BCUT2D eigenvalue weighted by Crippen LogP contribution is -2.14. The van der Waals surface area contributed by atoms with Gasteiger partial charge in [0, 0.05) is 10.9 Å². The van der Waals surface area contributed by atoms with Gasteiger partial charge in [-0.2, -0.15) is 0 Å². The van der Waals surface area contributed by atoms with Gasteiger partial charge in [0.05, 0.1) is 12.3 Å². The normalized spacial score (nSPS) is 13.5. The van der Waals surface area contributed by atoms with Gasteiger partial charge in [-0.25, -0.2) is 4.98 Å². The number of carbonyl (C=O) groups excluding carboxylic acids is 1. The summed E-state index contributed by atoms with van der Waals surface area (Å²) in [6, 6.07) is 5.57. The Morgan fingerprint density at radius 3 is 3.16 bits per heavy atom. The molecular weight excluding hydrogens is 260 g/mol. The molecule has 1 aliphatic rings. The summed E-state index contributed by atoms with van der Waals surface area (Å²) in [5.74, 6) is 0.774. The zero-order valence-electron chi connectivity index (χ0n) is 10.6. The number of ether oxygens (including phenoxy) is 1. The Hall–Kier alpha value is -1.88. The number of amides is 1. The highest BCUT2D eigenvalue weighted by atomic mass is 32.1. The average Bonchev–Trinajstić information content (AvgIpc) is 2.83. The number of carbonyl (C=O) groups is 1. The number of thiazole rings is 1. The van der Waals surface area contributed by atoms with E-state index in [4.69, 9.17) is 4.74 Å². The summed E-state index contributed by atoms with van der Waals surface area (Å²) >= 11 is 1.43. The monoisotopic (exact) mass is 274 g/mol. The molecule has 3 rings (SSSR count). The number of hydrogen-bond acceptors (Lipinski definition) is 4. The van der Waals surface area contributed by atoms with E-state index >= 15 is 0 Å². The highest BCUT2D eigenvalue weighted by Crippen LogP contribution is 2.26. The molecule has 0 fully saturated rings. The maximum absolute atomic E-state index is 12.1. The number of anilines is 1. The van der Waals surface area contributed by atoms with E-state index in [1.54, 1.807) is 6.07 Å². The van der Waals surface area contributed by atoms with Crippen LogP contribution in [0.4, 0.5) is 5.13 Å². The van der Waals surface area contributed by atoms with Gasteiger partial charge < -0.3 is 4.74 Å². The van der Waals surface area contributed by atoms with E-state index in [2.05, 4.69) is 10.3 Å². The van der Waals surface area contributed by atoms with Gasteiger partial charge >= 0.3 is 0 Å². The minimum absolute atomic E-state index is 0.122. The molecule has 2 heterocycles. The van der Waals surface area contributed by atoms with Gasteiger partial charge in [0.1, 0.15) is 5.75 Å². The minimum Gasteiger partial charge on any atom is -0.493 e. The smallest absolute Gasteiger partial charge is 0.257 e. The molecule has 0 saturated heterocycles. The lowest BCUT2D eigenvalue weighted by atomic mass is 10.0. The Bertz CT molecular complexity index is 622. The molecule has 98 valence electrons. The number of aryl methyl sites for hydroxylation is 2. The summed E-state index contributed by atoms with van der Waals surface area (Å²) in [4.78, 5) is 16.3. The second kappa shape index (κ2) is 5.01. The Morgan fingerprint density at radius 1 is 1.47 bits per heavy atom. The van der Waals surface area contributed by atoms with E-state index in [0.717, 1.165) is 36.5 Å². The Morgan fingerprint density at radius 2 is 2.37 bits per heavy atom. The number of nitrogens with zero attached hydrogens (tertiary/aromatic N) is 1. The quantitative estimate of drug-likeness (QED) is 0.915. The van der Waals surface area contributed by atoms with Gasteiger partial charge in [0.25, 0.3) is 5.91 Å². The largest absolute Gasteiger partial charge is 0.493 e. The lowest BCUT2D eigenvalue weighted by molar-refractivity contribution is 0.102. The number of benzene rings is 1. The van der Waals surface area contributed by atoms with Crippen molar-refractivity contribution in [3.05, 3.63) is 40.4 Å². The van der Waals surface area contributed by atoms with E-state index < -0.39 is 0 Å². The summed E-state index contributed by atoms with van der Waals surface area (Å²) < 4.78 is 5.54. The van der Waals surface area contributed by atoms with Crippen molar-refractivity contribution in [3.63, 3.8) is 0 Å². The average molecular weight is 274 g/mol. The second-order valence-electron chi connectivity index (χ2n) is 4.52. The number of nitrogens with one attached hydrogen (secondary N) is 1. The number of hydrogen-bond donors (Lipinski definition) is 1. The third-order valence-corrected chi connectivity index (χ3v) is 3.89. The molecule has 0 radical (unpaired) electrons. The van der Waals surface area contributed by atoms with Crippen LogP contribution in [0, 0.1) is 6.92 Å². The van der Waals surface area contributed by atoms with Gasteiger partial charge in [0.15, 0.2) is 5.13 Å². The summed E-state index contributed by atoms with van der Waals surface area (Å²) in [6.07, 6.45) is 1.97. The topological polar surface area (TPSA) is 51.2 Å². The van der Waals surface area contributed by atoms with Crippen molar-refractivity contribution in [2.45, 2.75) is 19.8 Å². The molecule has 1 amide bonds. The van der Waals surface area contributed by atoms with Crippen LogP contribution >= 0.6 is 11.3 Å².